The first kappa shape index (κ1) is 22.2. The lowest BCUT2D eigenvalue weighted by atomic mass is 9.83. The van der Waals surface area contributed by atoms with E-state index in [1.165, 1.54) is 0 Å². The number of thioether (sulfide) groups is 1. The van der Waals surface area contributed by atoms with Gasteiger partial charge in [-0.15, -0.1) is 11.8 Å². The summed E-state index contributed by atoms with van der Waals surface area (Å²) in [5.41, 5.74) is 1.29. The molecule has 3 aromatic rings. The van der Waals surface area contributed by atoms with Gasteiger partial charge in [-0.25, -0.2) is 0 Å². The molecule has 0 saturated carbocycles. The van der Waals surface area contributed by atoms with Crippen molar-refractivity contribution < 1.29 is 14.0 Å². The lowest BCUT2D eigenvalue weighted by Gasteiger charge is -2.38. The minimum absolute atomic E-state index is 0.0914. The molecule has 0 atom stereocenters. The Hall–Kier alpha value is -2.99. The number of furan rings is 1. The average molecular weight is 449 g/mol. The summed E-state index contributed by atoms with van der Waals surface area (Å²) in [6.07, 6.45) is 1.58. The number of hydrogen-bond acceptors (Lipinski definition) is 4. The van der Waals surface area contributed by atoms with Crippen LogP contribution in [0, 0.1) is 0 Å². The molecule has 0 spiro atoms. The minimum Gasteiger partial charge on any atom is -0.459 e. The van der Waals surface area contributed by atoms with Crippen LogP contribution in [0.1, 0.15) is 35.5 Å². The highest BCUT2D eigenvalue weighted by Crippen LogP contribution is 2.28. The van der Waals surface area contributed by atoms with Gasteiger partial charge in [0.15, 0.2) is 5.76 Å². The van der Waals surface area contributed by atoms with Gasteiger partial charge in [-0.3, -0.25) is 9.59 Å². The van der Waals surface area contributed by atoms with Crippen molar-refractivity contribution in [1.29, 1.82) is 0 Å². The van der Waals surface area contributed by atoms with Crippen LogP contribution in [0.5, 0.6) is 0 Å². The van der Waals surface area contributed by atoms with E-state index in [0.29, 0.717) is 37.7 Å². The van der Waals surface area contributed by atoms with E-state index in [-0.39, 0.29) is 11.8 Å². The molecule has 2 amide bonds. The van der Waals surface area contributed by atoms with Gasteiger partial charge in [-0.05, 0) is 37.6 Å². The van der Waals surface area contributed by atoms with Gasteiger partial charge >= 0.3 is 0 Å². The number of amides is 2. The molecule has 2 aromatic carbocycles. The molecule has 1 aliphatic rings. The highest BCUT2D eigenvalue weighted by Gasteiger charge is 2.36. The zero-order chi connectivity index (χ0) is 22.6. The van der Waals surface area contributed by atoms with Crippen LogP contribution < -0.4 is 0 Å². The minimum atomic E-state index is -0.601. The van der Waals surface area contributed by atoms with E-state index >= 15 is 0 Å². The number of rotatable bonds is 6. The van der Waals surface area contributed by atoms with Gasteiger partial charge in [0.25, 0.3) is 5.91 Å². The second kappa shape index (κ2) is 9.65. The first-order valence-corrected chi connectivity index (χ1v) is 11.8. The van der Waals surface area contributed by atoms with E-state index in [4.69, 9.17) is 4.42 Å². The summed E-state index contributed by atoms with van der Waals surface area (Å²) < 4.78 is 5.57. The van der Waals surface area contributed by atoms with Gasteiger partial charge in [-0.2, -0.15) is 0 Å². The fourth-order valence-electron chi connectivity index (χ4n) is 3.94. The molecular weight excluding hydrogens is 420 g/mol. The lowest BCUT2D eigenvalue weighted by Crippen LogP contribution is -2.54. The fourth-order valence-corrected chi connectivity index (χ4v) is 4.84. The number of carbonyl (C=O) groups is 2. The zero-order valence-corrected chi connectivity index (χ0v) is 19.3. The second-order valence-electron chi connectivity index (χ2n) is 8.45. The van der Waals surface area contributed by atoms with Crippen molar-refractivity contribution in [3.05, 3.63) is 89.9 Å². The van der Waals surface area contributed by atoms with E-state index in [9.17, 15) is 9.59 Å². The van der Waals surface area contributed by atoms with Crippen LogP contribution in [0.4, 0.5) is 0 Å². The predicted molar refractivity (Wildman–Crippen MR) is 127 cm³/mol. The first-order valence-electron chi connectivity index (χ1n) is 10.8. The van der Waals surface area contributed by atoms with Crippen LogP contribution in [-0.2, 0) is 16.0 Å². The Morgan fingerprint density at radius 1 is 0.875 bits per heavy atom. The molecule has 1 aromatic heterocycles. The number of nitrogens with zero attached hydrogens (tertiary/aromatic N) is 2. The van der Waals surface area contributed by atoms with Crippen molar-refractivity contribution in [2.45, 2.75) is 29.9 Å². The zero-order valence-electron chi connectivity index (χ0n) is 18.5. The largest absolute Gasteiger partial charge is 0.459 e. The predicted octanol–water partition coefficient (Wildman–Crippen LogP) is 4.83. The Kier molecular flexibility index (Phi) is 6.70. The Labute approximate surface area is 193 Å². The maximum atomic E-state index is 13.2. The van der Waals surface area contributed by atoms with Crippen molar-refractivity contribution in [3.8, 4) is 0 Å². The fraction of sp³-hybridized carbons (Fsp3) is 0.308. The lowest BCUT2D eigenvalue weighted by molar-refractivity contribution is -0.137. The molecule has 0 radical (unpaired) electrons. The summed E-state index contributed by atoms with van der Waals surface area (Å²) in [7, 11) is 0. The van der Waals surface area contributed by atoms with E-state index in [2.05, 4.69) is 12.1 Å². The topological polar surface area (TPSA) is 53.8 Å². The quantitative estimate of drug-likeness (QED) is 0.507. The number of piperazine rings is 1. The summed E-state index contributed by atoms with van der Waals surface area (Å²) in [6, 6.07) is 21.8. The summed E-state index contributed by atoms with van der Waals surface area (Å²) >= 11 is 1.68. The van der Waals surface area contributed by atoms with E-state index in [1.54, 1.807) is 22.9 Å². The highest BCUT2D eigenvalue weighted by atomic mass is 32.2. The van der Waals surface area contributed by atoms with Crippen LogP contribution in [-0.4, -0.2) is 47.8 Å². The van der Waals surface area contributed by atoms with Crippen LogP contribution in [0.25, 0.3) is 0 Å². The number of carbonyl (C=O) groups excluding carboxylic acids is 2. The number of benzene rings is 2. The SMILES string of the molecule is CC(C)(C(=O)N1CCN(C(=O)c2occc2CSc2ccccc2)CC1)c1ccccc1. The van der Waals surface area contributed by atoms with Crippen molar-refractivity contribution in [2.75, 3.05) is 26.2 Å². The Morgan fingerprint density at radius 2 is 1.47 bits per heavy atom. The van der Waals surface area contributed by atoms with Crippen molar-refractivity contribution in [2.24, 2.45) is 0 Å². The molecule has 1 aliphatic heterocycles. The molecule has 2 heterocycles. The van der Waals surface area contributed by atoms with Crippen LogP contribution in [0.2, 0.25) is 0 Å². The van der Waals surface area contributed by atoms with Crippen molar-refractivity contribution >= 4 is 23.6 Å². The standard InChI is InChI=1S/C26H28N2O3S/c1-26(2,21-9-5-3-6-10-21)25(30)28-16-14-27(15-17-28)24(29)23-20(13-18-31-23)19-32-22-11-7-4-8-12-22/h3-13,18H,14-17,19H2,1-2H3. The Balaban J connectivity index is 1.36. The summed E-state index contributed by atoms with van der Waals surface area (Å²) in [6.45, 7) is 5.97. The summed E-state index contributed by atoms with van der Waals surface area (Å²) in [5.74, 6) is 1.06. The molecule has 0 bridgehead atoms. The first-order chi connectivity index (χ1) is 15.5. The van der Waals surface area contributed by atoms with Crippen LogP contribution >= 0.6 is 11.8 Å². The molecule has 32 heavy (non-hydrogen) atoms. The van der Waals surface area contributed by atoms with Crippen LogP contribution in [0.3, 0.4) is 0 Å². The van der Waals surface area contributed by atoms with E-state index < -0.39 is 5.41 Å². The maximum absolute atomic E-state index is 13.2. The molecule has 0 aliphatic carbocycles. The van der Waals surface area contributed by atoms with Gasteiger partial charge in [0, 0.05) is 42.4 Å². The Bertz CT molecular complexity index is 1050. The van der Waals surface area contributed by atoms with E-state index in [0.717, 1.165) is 16.0 Å². The van der Waals surface area contributed by atoms with Gasteiger partial charge in [0.2, 0.25) is 5.91 Å². The summed E-state index contributed by atoms with van der Waals surface area (Å²) in [4.78, 5) is 31.1. The van der Waals surface area contributed by atoms with Crippen molar-refractivity contribution in [1.82, 2.24) is 9.80 Å². The maximum Gasteiger partial charge on any atom is 0.289 e. The van der Waals surface area contributed by atoms with Gasteiger partial charge in [0.1, 0.15) is 0 Å². The third kappa shape index (κ3) is 4.75. The van der Waals surface area contributed by atoms with Crippen LogP contribution in [0.15, 0.2) is 82.3 Å². The normalized spacial score (nSPS) is 14.4. The molecular formula is C26H28N2O3S. The molecule has 1 fully saturated rings. The van der Waals surface area contributed by atoms with Gasteiger partial charge < -0.3 is 14.2 Å². The third-order valence-electron chi connectivity index (χ3n) is 5.96. The third-order valence-corrected chi connectivity index (χ3v) is 7.02. The molecule has 0 unspecified atom stereocenters. The van der Waals surface area contributed by atoms with Crippen molar-refractivity contribution in [3.63, 3.8) is 0 Å². The van der Waals surface area contributed by atoms with Gasteiger partial charge in [-0.1, -0.05) is 48.5 Å². The summed E-state index contributed by atoms with van der Waals surface area (Å²) in [5, 5.41) is 0. The monoisotopic (exact) mass is 448 g/mol. The molecule has 5 nitrogen and oxygen atoms in total. The number of hydrogen-bond donors (Lipinski definition) is 0. The molecule has 6 heteroatoms. The van der Waals surface area contributed by atoms with Gasteiger partial charge in [0.05, 0.1) is 11.7 Å². The average Bonchev–Trinajstić information content (AvgIpc) is 3.32. The molecule has 1 saturated heterocycles. The molecule has 166 valence electrons. The van der Waals surface area contributed by atoms with E-state index in [1.807, 2.05) is 73.3 Å². The smallest absolute Gasteiger partial charge is 0.289 e. The molecule has 0 N–H and O–H groups in total. The Morgan fingerprint density at radius 3 is 2.12 bits per heavy atom. The molecule has 4 rings (SSSR count). The highest BCUT2D eigenvalue weighted by molar-refractivity contribution is 7.98. The second-order valence-corrected chi connectivity index (χ2v) is 9.50.